The lowest BCUT2D eigenvalue weighted by atomic mass is 9.99. The van der Waals surface area contributed by atoms with E-state index in [1.165, 1.54) is 122 Å². The first-order valence-corrected chi connectivity index (χ1v) is 25.6. The SMILES string of the molecule is CCCCC/C=C\C/C=C\C/C=C\CCCCCCCCC(=O)OC(COC(=O)CCCCCCCCCCCCCCCCCCCC)COC1OC(CO)C(O)C(O)C1O. The first-order valence-electron chi connectivity index (χ1n) is 25.6. The fraction of sp³-hybridized carbons (Fsp3) is 0.846. The van der Waals surface area contributed by atoms with E-state index in [0.717, 1.165) is 70.6 Å². The van der Waals surface area contributed by atoms with Crippen LogP contribution in [0.15, 0.2) is 36.5 Å². The number of esters is 2. The van der Waals surface area contributed by atoms with Crippen LogP contribution >= 0.6 is 0 Å². The highest BCUT2D eigenvalue weighted by molar-refractivity contribution is 5.70. The molecule has 0 radical (unpaired) electrons. The second-order valence-corrected chi connectivity index (χ2v) is 17.6. The molecule has 0 amide bonds. The molecule has 62 heavy (non-hydrogen) atoms. The van der Waals surface area contributed by atoms with E-state index in [1.54, 1.807) is 0 Å². The molecule has 0 spiro atoms. The lowest BCUT2D eigenvalue weighted by molar-refractivity contribution is -0.305. The van der Waals surface area contributed by atoms with E-state index in [1.807, 2.05) is 0 Å². The van der Waals surface area contributed by atoms with Crippen molar-refractivity contribution in [1.82, 2.24) is 0 Å². The van der Waals surface area contributed by atoms with E-state index in [4.69, 9.17) is 18.9 Å². The maximum absolute atomic E-state index is 12.8. The minimum atomic E-state index is -1.60. The van der Waals surface area contributed by atoms with Crippen LogP contribution in [0.1, 0.15) is 226 Å². The molecule has 1 heterocycles. The zero-order chi connectivity index (χ0) is 45.1. The summed E-state index contributed by atoms with van der Waals surface area (Å²) >= 11 is 0. The Balaban J connectivity index is 2.27. The first kappa shape index (κ1) is 57.9. The summed E-state index contributed by atoms with van der Waals surface area (Å²) in [6.07, 6.45) is 42.9. The maximum atomic E-state index is 12.8. The Bertz CT molecular complexity index is 1110. The second kappa shape index (κ2) is 42.8. The standard InChI is InChI=1S/C52H94O10/c1-3-5-7-9-11-13-15-17-19-21-23-25-27-29-31-33-35-37-39-41-48(55)61-45(44-60-52-51(58)50(57)49(56)46(42-53)62-52)43-59-47(54)40-38-36-34-32-30-28-26-24-22-20-18-16-14-12-10-8-6-4-2/h11,13,17,19,23,25,45-46,49-53,56-58H,3-10,12,14-16,18,20-22,24,26-44H2,1-2H3/b13-11-,19-17-,25-23-. The Kier molecular flexibility index (Phi) is 40.0. The van der Waals surface area contributed by atoms with Crippen LogP contribution in [0.4, 0.5) is 0 Å². The van der Waals surface area contributed by atoms with Crippen LogP contribution in [-0.4, -0.2) is 89.0 Å². The molecular weight excluding hydrogens is 785 g/mol. The Morgan fingerprint density at radius 3 is 1.39 bits per heavy atom. The second-order valence-electron chi connectivity index (χ2n) is 17.6. The topological polar surface area (TPSA) is 152 Å². The number of ether oxygens (including phenoxy) is 4. The average Bonchev–Trinajstić information content (AvgIpc) is 3.27. The fourth-order valence-corrected chi connectivity index (χ4v) is 7.73. The van der Waals surface area contributed by atoms with Crippen molar-refractivity contribution in [2.24, 2.45) is 0 Å². The number of hydrogen-bond acceptors (Lipinski definition) is 10. The Labute approximate surface area is 378 Å². The summed E-state index contributed by atoms with van der Waals surface area (Å²) < 4.78 is 22.2. The average molecular weight is 879 g/mol. The molecule has 0 aliphatic carbocycles. The van der Waals surface area contributed by atoms with Crippen LogP contribution in [-0.2, 0) is 28.5 Å². The van der Waals surface area contributed by atoms with Gasteiger partial charge < -0.3 is 39.4 Å². The van der Waals surface area contributed by atoms with E-state index in [0.29, 0.717) is 6.42 Å². The molecule has 1 aliphatic heterocycles. The third kappa shape index (κ3) is 33.4. The highest BCUT2D eigenvalue weighted by atomic mass is 16.7. The van der Waals surface area contributed by atoms with Gasteiger partial charge in [-0.2, -0.15) is 0 Å². The van der Waals surface area contributed by atoms with Gasteiger partial charge in [0.2, 0.25) is 0 Å². The number of carbonyl (C=O) groups is 2. The summed E-state index contributed by atoms with van der Waals surface area (Å²) in [6.45, 7) is 3.41. The molecule has 362 valence electrons. The molecule has 1 saturated heterocycles. The predicted molar refractivity (Wildman–Crippen MR) is 252 cm³/mol. The molecule has 6 unspecified atom stereocenters. The van der Waals surface area contributed by atoms with Crippen LogP contribution in [0.25, 0.3) is 0 Å². The molecular formula is C52H94O10. The molecule has 6 atom stereocenters. The quantitative estimate of drug-likeness (QED) is 0.0265. The van der Waals surface area contributed by atoms with Crippen molar-refractivity contribution in [3.8, 4) is 0 Å². The molecule has 0 aromatic rings. The van der Waals surface area contributed by atoms with Gasteiger partial charge in [-0.05, 0) is 51.4 Å². The van der Waals surface area contributed by atoms with E-state index in [2.05, 4.69) is 50.3 Å². The van der Waals surface area contributed by atoms with Crippen molar-refractivity contribution in [1.29, 1.82) is 0 Å². The predicted octanol–water partition coefficient (Wildman–Crippen LogP) is 11.8. The normalized spacial score (nSPS) is 19.9. The summed E-state index contributed by atoms with van der Waals surface area (Å²) in [4.78, 5) is 25.4. The van der Waals surface area contributed by atoms with Crippen molar-refractivity contribution in [3.63, 3.8) is 0 Å². The van der Waals surface area contributed by atoms with Crippen molar-refractivity contribution in [2.75, 3.05) is 19.8 Å². The van der Waals surface area contributed by atoms with Gasteiger partial charge in [-0.15, -0.1) is 0 Å². The minimum absolute atomic E-state index is 0.217. The number of carbonyl (C=O) groups excluding carboxylic acids is 2. The fourth-order valence-electron chi connectivity index (χ4n) is 7.73. The van der Waals surface area contributed by atoms with E-state index in [9.17, 15) is 30.0 Å². The summed E-state index contributed by atoms with van der Waals surface area (Å²) in [6, 6.07) is 0. The van der Waals surface area contributed by atoms with Gasteiger partial charge in [0.15, 0.2) is 12.4 Å². The molecule has 4 N–H and O–H groups in total. The lowest BCUT2D eigenvalue weighted by Gasteiger charge is -2.39. The maximum Gasteiger partial charge on any atom is 0.306 e. The number of allylic oxidation sites excluding steroid dienone is 6. The van der Waals surface area contributed by atoms with Gasteiger partial charge in [-0.3, -0.25) is 9.59 Å². The number of hydrogen-bond donors (Lipinski definition) is 4. The molecule has 1 rings (SSSR count). The molecule has 10 heteroatoms. The molecule has 0 bridgehead atoms. The zero-order valence-corrected chi connectivity index (χ0v) is 39.6. The Morgan fingerprint density at radius 1 is 0.500 bits per heavy atom. The number of aliphatic hydroxyl groups is 4. The highest BCUT2D eigenvalue weighted by Gasteiger charge is 2.44. The Hall–Kier alpha value is -2.08. The van der Waals surface area contributed by atoms with Gasteiger partial charge in [-0.1, -0.05) is 198 Å². The number of rotatable bonds is 43. The van der Waals surface area contributed by atoms with Crippen molar-refractivity contribution >= 4 is 11.9 Å². The van der Waals surface area contributed by atoms with Crippen molar-refractivity contribution in [2.45, 2.75) is 263 Å². The van der Waals surface area contributed by atoms with Gasteiger partial charge in [-0.25, -0.2) is 0 Å². The summed E-state index contributed by atoms with van der Waals surface area (Å²) in [5.74, 6) is -0.812. The van der Waals surface area contributed by atoms with E-state index >= 15 is 0 Å². The van der Waals surface area contributed by atoms with Gasteiger partial charge >= 0.3 is 11.9 Å². The minimum Gasteiger partial charge on any atom is -0.462 e. The molecule has 1 aliphatic rings. The summed E-state index contributed by atoms with van der Waals surface area (Å²) in [5.41, 5.74) is 0. The summed E-state index contributed by atoms with van der Waals surface area (Å²) in [5, 5.41) is 40.2. The van der Waals surface area contributed by atoms with Crippen molar-refractivity contribution in [3.05, 3.63) is 36.5 Å². The molecule has 0 saturated carbocycles. The smallest absolute Gasteiger partial charge is 0.306 e. The summed E-state index contributed by atoms with van der Waals surface area (Å²) in [7, 11) is 0. The van der Waals surface area contributed by atoms with Crippen LogP contribution in [0.5, 0.6) is 0 Å². The highest BCUT2D eigenvalue weighted by Crippen LogP contribution is 2.23. The van der Waals surface area contributed by atoms with Crippen LogP contribution in [0.2, 0.25) is 0 Å². The number of aliphatic hydroxyl groups excluding tert-OH is 4. The van der Waals surface area contributed by atoms with Crippen LogP contribution < -0.4 is 0 Å². The van der Waals surface area contributed by atoms with Gasteiger partial charge in [0.05, 0.1) is 13.2 Å². The third-order valence-electron chi connectivity index (χ3n) is 11.8. The van der Waals surface area contributed by atoms with Gasteiger partial charge in [0.1, 0.15) is 31.0 Å². The van der Waals surface area contributed by atoms with Crippen LogP contribution in [0.3, 0.4) is 0 Å². The largest absolute Gasteiger partial charge is 0.462 e. The number of unbranched alkanes of at least 4 members (excludes halogenated alkanes) is 26. The monoisotopic (exact) mass is 879 g/mol. The zero-order valence-electron chi connectivity index (χ0n) is 39.6. The molecule has 0 aromatic carbocycles. The van der Waals surface area contributed by atoms with E-state index in [-0.39, 0.29) is 32.0 Å². The third-order valence-corrected chi connectivity index (χ3v) is 11.8. The van der Waals surface area contributed by atoms with Gasteiger partial charge in [0.25, 0.3) is 0 Å². The van der Waals surface area contributed by atoms with Crippen molar-refractivity contribution < 1.29 is 49.0 Å². The Morgan fingerprint density at radius 2 is 0.903 bits per heavy atom. The first-order chi connectivity index (χ1) is 30.3. The molecule has 0 aromatic heterocycles. The van der Waals surface area contributed by atoms with E-state index < -0.39 is 49.4 Å². The lowest BCUT2D eigenvalue weighted by Crippen LogP contribution is -2.59. The molecule has 1 fully saturated rings. The van der Waals surface area contributed by atoms with Gasteiger partial charge in [0, 0.05) is 12.8 Å². The van der Waals surface area contributed by atoms with Crippen LogP contribution in [0, 0.1) is 0 Å². The molecule has 10 nitrogen and oxygen atoms in total.